The highest BCUT2D eigenvalue weighted by molar-refractivity contribution is 7.93. The standard InChI is InChI=1S/C22H17NO4S/c24-21(17-12-6-2-7-13-17)23-19(16-10-4-1-5-11-16)20(22(23)25)28(26,27)18-14-8-3-9-15-18/h1-15,19-20H/t19-,20-/m0/s1. The van der Waals surface area contributed by atoms with Crippen molar-refractivity contribution in [1.82, 2.24) is 4.90 Å². The van der Waals surface area contributed by atoms with Crippen LogP contribution in [0.1, 0.15) is 22.0 Å². The molecule has 5 nitrogen and oxygen atoms in total. The van der Waals surface area contributed by atoms with Crippen LogP contribution in [0.4, 0.5) is 0 Å². The second kappa shape index (κ2) is 7.05. The Morgan fingerprint density at radius 3 is 1.82 bits per heavy atom. The molecule has 6 heteroatoms. The normalized spacial score (nSPS) is 19.1. The molecule has 0 unspecified atom stereocenters. The second-order valence-corrected chi connectivity index (χ2v) is 8.58. The summed E-state index contributed by atoms with van der Waals surface area (Å²) in [5.74, 6) is -1.20. The van der Waals surface area contributed by atoms with E-state index in [4.69, 9.17) is 0 Å². The molecule has 28 heavy (non-hydrogen) atoms. The summed E-state index contributed by atoms with van der Waals surface area (Å²) in [7, 11) is -3.94. The van der Waals surface area contributed by atoms with Crippen LogP contribution in [0.5, 0.6) is 0 Å². The van der Waals surface area contributed by atoms with Crippen molar-refractivity contribution >= 4 is 21.7 Å². The highest BCUT2D eigenvalue weighted by atomic mass is 32.2. The fourth-order valence-electron chi connectivity index (χ4n) is 3.44. The van der Waals surface area contributed by atoms with Crippen LogP contribution in [0.25, 0.3) is 0 Å². The predicted molar refractivity (Wildman–Crippen MR) is 104 cm³/mol. The van der Waals surface area contributed by atoms with E-state index in [9.17, 15) is 18.0 Å². The van der Waals surface area contributed by atoms with Crippen LogP contribution < -0.4 is 0 Å². The smallest absolute Gasteiger partial charge is 0.261 e. The van der Waals surface area contributed by atoms with E-state index in [1.807, 2.05) is 0 Å². The Hall–Kier alpha value is -3.25. The van der Waals surface area contributed by atoms with Gasteiger partial charge in [-0.3, -0.25) is 14.5 Å². The average molecular weight is 391 g/mol. The van der Waals surface area contributed by atoms with E-state index in [1.165, 1.54) is 12.1 Å². The molecule has 0 spiro atoms. The van der Waals surface area contributed by atoms with Gasteiger partial charge in [-0.15, -0.1) is 0 Å². The molecule has 140 valence electrons. The number of nitrogens with zero attached hydrogens (tertiary/aromatic N) is 1. The van der Waals surface area contributed by atoms with Crippen LogP contribution in [-0.2, 0) is 14.6 Å². The minimum Gasteiger partial charge on any atom is -0.273 e. The van der Waals surface area contributed by atoms with Gasteiger partial charge in [-0.25, -0.2) is 8.42 Å². The Morgan fingerprint density at radius 2 is 1.25 bits per heavy atom. The number of rotatable bonds is 4. The van der Waals surface area contributed by atoms with Crippen molar-refractivity contribution in [3.05, 3.63) is 102 Å². The lowest BCUT2D eigenvalue weighted by Gasteiger charge is -2.45. The maximum Gasteiger partial charge on any atom is 0.261 e. The van der Waals surface area contributed by atoms with Gasteiger partial charge in [0.15, 0.2) is 15.1 Å². The quantitative estimate of drug-likeness (QED) is 0.506. The molecule has 1 aliphatic heterocycles. The lowest BCUT2D eigenvalue weighted by molar-refractivity contribution is -0.140. The number of hydrogen-bond donors (Lipinski definition) is 0. The Bertz CT molecular complexity index is 1110. The third-order valence-electron chi connectivity index (χ3n) is 4.83. The third-order valence-corrected chi connectivity index (χ3v) is 6.89. The molecule has 2 atom stereocenters. The van der Waals surface area contributed by atoms with E-state index in [1.54, 1.807) is 78.9 Å². The lowest BCUT2D eigenvalue weighted by Crippen LogP contribution is -2.63. The fraction of sp³-hybridized carbons (Fsp3) is 0.0909. The molecular weight excluding hydrogens is 374 g/mol. The van der Waals surface area contributed by atoms with E-state index >= 15 is 0 Å². The Kier molecular flexibility index (Phi) is 4.57. The number of amides is 2. The van der Waals surface area contributed by atoms with Crippen molar-refractivity contribution < 1.29 is 18.0 Å². The second-order valence-electron chi connectivity index (χ2n) is 6.51. The van der Waals surface area contributed by atoms with Crippen LogP contribution in [0.3, 0.4) is 0 Å². The number of imide groups is 1. The molecule has 1 aliphatic rings. The molecule has 1 saturated heterocycles. The van der Waals surface area contributed by atoms with Crippen molar-refractivity contribution in [3.8, 4) is 0 Å². The minimum atomic E-state index is -3.94. The molecule has 1 heterocycles. The highest BCUT2D eigenvalue weighted by Crippen LogP contribution is 2.42. The first-order valence-corrected chi connectivity index (χ1v) is 10.3. The zero-order valence-electron chi connectivity index (χ0n) is 14.8. The summed E-state index contributed by atoms with van der Waals surface area (Å²) < 4.78 is 26.3. The van der Waals surface area contributed by atoms with E-state index in [2.05, 4.69) is 0 Å². The number of benzene rings is 3. The number of β-lactam (4-membered cyclic amide) rings is 1. The summed E-state index contributed by atoms with van der Waals surface area (Å²) in [6.45, 7) is 0. The number of hydrogen-bond acceptors (Lipinski definition) is 4. The van der Waals surface area contributed by atoms with Crippen LogP contribution in [-0.4, -0.2) is 30.4 Å². The molecule has 0 aliphatic carbocycles. The van der Waals surface area contributed by atoms with Crippen LogP contribution in [0.2, 0.25) is 0 Å². The van der Waals surface area contributed by atoms with Crippen LogP contribution >= 0.6 is 0 Å². The summed E-state index contributed by atoms with van der Waals surface area (Å²) in [6, 6.07) is 24.2. The van der Waals surface area contributed by atoms with Gasteiger partial charge in [-0.2, -0.15) is 0 Å². The number of sulfone groups is 1. The lowest BCUT2D eigenvalue weighted by atomic mass is 9.92. The topological polar surface area (TPSA) is 71.5 Å². The number of likely N-dealkylation sites (tertiary alicyclic amines) is 1. The van der Waals surface area contributed by atoms with Crippen molar-refractivity contribution in [2.24, 2.45) is 0 Å². The molecule has 0 radical (unpaired) electrons. The van der Waals surface area contributed by atoms with Crippen molar-refractivity contribution in [3.63, 3.8) is 0 Å². The molecule has 2 amide bonds. The van der Waals surface area contributed by atoms with Gasteiger partial charge in [0.2, 0.25) is 0 Å². The first-order chi connectivity index (χ1) is 13.5. The number of carbonyl (C=O) groups excluding carboxylic acids is 2. The van der Waals surface area contributed by atoms with Gasteiger partial charge in [0, 0.05) is 5.56 Å². The molecule has 4 rings (SSSR count). The maximum absolute atomic E-state index is 13.2. The molecule has 3 aromatic carbocycles. The third kappa shape index (κ3) is 2.92. The van der Waals surface area contributed by atoms with E-state index in [-0.39, 0.29) is 4.90 Å². The average Bonchev–Trinajstić information content (AvgIpc) is 2.73. The first-order valence-electron chi connectivity index (χ1n) is 8.78. The maximum atomic E-state index is 13.2. The van der Waals surface area contributed by atoms with Gasteiger partial charge in [0.25, 0.3) is 11.8 Å². The zero-order valence-corrected chi connectivity index (χ0v) is 15.6. The van der Waals surface area contributed by atoms with E-state index in [0.29, 0.717) is 11.1 Å². The van der Waals surface area contributed by atoms with Crippen LogP contribution in [0, 0.1) is 0 Å². The number of carbonyl (C=O) groups is 2. The first kappa shape index (κ1) is 18.1. The molecule has 0 aromatic heterocycles. The van der Waals surface area contributed by atoms with Gasteiger partial charge in [-0.05, 0) is 29.8 Å². The predicted octanol–water partition coefficient (Wildman–Crippen LogP) is 3.25. The van der Waals surface area contributed by atoms with Crippen molar-refractivity contribution in [2.45, 2.75) is 16.2 Å². The van der Waals surface area contributed by atoms with Gasteiger partial charge in [0.05, 0.1) is 10.9 Å². The molecule has 0 saturated carbocycles. The van der Waals surface area contributed by atoms with E-state index in [0.717, 1.165) is 4.90 Å². The Morgan fingerprint density at radius 1 is 0.750 bits per heavy atom. The SMILES string of the molecule is O=C(c1ccccc1)N1C(=O)[C@@H](S(=O)(=O)c2ccccc2)[C@@H]1c1ccccc1. The van der Waals surface area contributed by atoms with Gasteiger partial charge >= 0.3 is 0 Å². The van der Waals surface area contributed by atoms with E-state index < -0.39 is 32.9 Å². The van der Waals surface area contributed by atoms with Gasteiger partial charge in [-0.1, -0.05) is 66.7 Å². The monoisotopic (exact) mass is 391 g/mol. The molecule has 3 aromatic rings. The van der Waals surface area contributed by atoms with Gasteiger partial charge in [0.1, 0.15) is 0 Å². The summed E-state index contributed by atoms with van der Waals surface area (Å²) in [5, 5.41) is -1.33. The fourth-order valence-corrected chi connectivity index (χ4v) is 5.27. The van der Waals surface area contributed by atoms with Crippen molar-refractivity contribution in [2.75, 3.05) is 0 Å². The molecule has 0 N–H and O–H groups in total. The summed E-state index contributed by atoms with van der Waals surface area (Å²) in [5.41, 5.74) is 0.947. The minimum absolute atomic E-state index is 0.0705. The molecular formula is C22H17NO4S. The van der Waals surface area contributed by atoms with Crippen LogP contribution in [0.15, 0.2) is 95.9 Å². The highest BCUT2D eigenvalue weighted by Gasteiger charge is 2.58. The Labute approximate surface area is 163 Å². The largest absolute Gasteiger partial charge is 0.273 e. The molecule has 1 fully saturated rings. The molecule has 0 bridgehead atoms. The summed E-state index contributed by atoms with van der Waals surface area (Å²) >= 11 is 0. The summed E-state index contributed by atoms with van der Waals surface area (Å²) in [4.78, 5) is 27.0. The summed E-state index contributed by atoms with van der Waals surface area (Å²) in [6.07, 6.45) is 0. The van der Waals surface area contributed by atoms with Gasteiger partial charge < -0.3 is 0 Å². The Balaban J connectivity index is 1.78. The van der Waals surface area contributed by atoms with Crippen molar-refractivity contribution in [1.29, 1.82) is 0 Å². The zero-order chi connectivity index (χ0) is 19.7.